The van der Waals surface area contributed by atoms with E-state index in [9.17, 15) is 0 Å². The second kappa shape index (κ2) is 4.10. The average molecular weight is 228 g/mol. The molecular formula is C12H6ClN3. The van der Waals surface area contributed by atoms with Gasteiger partial charge in [-0.05, 0) is 24.3 Å². The minimum Gasteiger partial charge on any atom is -0.361 e. The molecule has 0 radical (unpaired) electrons. The highest BCUT2D eigenvalue weighted by atomic mass is 35.5. The average Bonchev–Trinajstić information content (AvgIpc) is 2.68. The van der Waals surface area contributed by atoms with E-state index in [1.165, 1.54) is 6.08 Å². The number of hydrogen-bond acceptors (Lipinski definition) is 2. The Kier molecular flexibility index (Phi) is 2.64. The van der Waals surface area contributed by atoms with Crippen LogP contribution in [-0.2, 0) is 0 Å². The zero-order valence-corrected chi connectivity index (χ0v) is 8.92. The number of H-pyrrole nitrogens is 1. The van der Waals surface area contributed by atoms with Crippen molar-refractivity contribution in [3.8, 4) is 12.1 Å². The molecule has 0 saturated carbocycles. The molecule has 0 aliphatic carbocycles. The zero-order chi connectivity index (χ0) is 11.5. The van der Waals surface area contributed by atoms with Crippen LogP contribution in [0.5, 0.6) is 0 Å². The van der Waals surface area contributed by atoms with Crippen LogP contribution in [-0.4, -0.2) is 4.98 Å². The molecule has 2 aromatic rings. The molecular weight excluding hydrogens is 222 g/mol. The first kappa shape index (κ1) is 10.3. The summed E-state index contributed by atoms with van der Waals surface area (Å²) in [7, 11) is 0. The first-order chi connectivity index (χ1) is 7.74. The van der Waals surface area contributed by atoms with Crippen molar-refractivity contribution in [3.63, 3.8) is 0 Å². The van der Waals surface area contributed by atoms with Gasteiger partial charge in [0.05, 0.1) is 0 Å². The minimum absolute atomic E-state index is 0.0703. The largest absolute Gasteiger partial charge is 0.361 e. The lowest BCUT2D eigenvalue weighted by atomic mass is 10.1. The predicted octanol–water partition coefficient (Wildman–Crippen LogP) is 3.25. The molecule has 1 aromatic carbocycles. The maximum atomic E-state index is 8.67. The Morgan fingerprint density at radius 3 is 2.75 bits per heavy atom. The van der Waals surface area contributed by atoms with Crippen molar-refractivity contribution < 1.29 is 0 Å². The third kappa shape index (κ3) is 1.77. The number of nitrogens with zero attached hydrogens (tertiary/aromatic N) is 2. The van der Waals surface area contributed by atoms with Crippen LogP contribution in [0.2, 0.25) is 5.02 Å². The van der Waals surface area contributed by atoms with E-state index in [0.717, 1.165) is 16.5 Å². The molecule has 0 amide bonds. The number of benzene rings is 1. The van der Waals surface area contributed by atoms with Gasteiger partial charge in [-0.15, -0.1) is 0 Å². The monoisotopic (exact) mass is 227 g/mol. The Morgan fingerprint density at radius 2 is 2.06 bits per heavy atom. The molecule has 0 atom stereocenters. The summed E-state index contributed by atoms with van der Waals surface area (Å²) in [6.07, 6.45) is 3.28. The van der Waals surface area contributed by atoms with E-state index in [-0.39, 0.29) is 5.57 Å². The lowest BCUT2D eigenvalue weighted by Gasteiger charge is -1.93. The van der Waals surface area contributed by atoms with Crippen LogP contribution in [0.15, 0.2) is 30.0 Å². The van der Waals surface area contributed by atoms with E-state index < -0.39 is 0 Å². The maximum absolute atomic E-state index is 8.67. The number of aromatic nitrogens is 1. The number of rotatable bonds is 1. The van der Waals surface area contributed by atoms with Gasteiger partial charge < -0.3 is 4.98 Å². The third-order valence-corrected chi connectivity index (χ3v) is 2.45. The van der Waals surface area contributed by atoms with Crippen LogP contribution < -0.4 is 0 Å². The van der Waals surface area contributed by atoms with E-state index in [1.54, 1.807) is 18.3 Å². The van der Waals surface area contributed by atoms with E-state index in [4.69, 9.17) is 22.1 Å². The molecule has 1 heterocycles. The highest BCUT2D eigenvalue weighted by molar-refractivity contribution is 6.31. The van der Waals surface area contributed by atoms with E-state index in [2.05, 4.69) is 4.98 Å². The molecule has 76 valence electrons. The topological polar surface area (TPSA) is 63.4 Å². The Hall–Kier alpha value is -2.23. The molecule has 0 unspecified atom stereocenters. The highest BCUT2D eigenvalue weighted by Crippen LogP contribution is 2.23. The van der Waals surface area contributed by atoms with Crippen LogP contribution in [0.4, 0.5) is 0 Å². The summed E-state index contributed by atoms with van der Waals surface area (Å²) in [5.74, 6) is 0. The van der Waals surface area contributed by atoms with Gasteiger partial charge in [-0.1, -0.05) is 11.6 Å². The summed E-state index contributed by atoms with van der Waals surface area (Å²) in [6, 6.07) is 9.08. The Balaban J connectivity index is 2.64. The quantitative estimate of drug-likeness (QED) is 0.760. The maximum Gasteiger partial charge on any atom is 0.130 e. The molecule has 2 rings (SSSR count). The summed E-state index contributed by atoms with van der Waals surface area (Å²) in [5.41, 5.74) is 1.78. The molecule has 1 N–H and O–H groups in total. The van der Waals surface area contributed by atoms with Gasteiger partial charge in [0.15, 0.2) is 0 Å². The normalized spacial score (nSPS) is 9.44. The van der Waals surface area contributed by atoms with Gasteiger partial charge in [0.2, 0.25) is 0 Å². The van der Waals surface area contributed by atoms with Crippen molar-refractivity contribution in [1.82, 2.24) is 4.98 Å². The van der Waals surface area contributed by atoms with Crippen LogP contribution in [0, 0.1) is 22.7 Å². The summed E-state index contributed by atoms with van der Waals surface area (Å²) in [4.78, 5) is 3.05. The second-order valence-corrected chi connectivity index (χ2v) is 3.65. The Labute approximate surface area is 97.2 Å². The molecule has 0 aliphatic rings. The van der Waals surface area contributed by atoms with Crippen molar-refractivity contribution in [2.45, 2.75) is 0 Å². The zero-order valence-electron chi connectivity index (χ0n) is 8.16. The molecule has 1 aromatic heterocycles. The van der Waals surface area contributed by atoms with Crippen molar-refractivity contribution >= 4 is 28.6 Å². The van der Waals surface area contributed by atoms with Crippen LogP contribution in [0.1, 0.15) is 5.56 Å². The molecule has 0 aliphatic heterocycles. The fourth-order valence-electron chi connectivity index (χ4n) is 1.48. The lowest BCUT2D eigenvalue weighted by Crippen LogP contribution is -1.74. The SMILES string of the molecule is N#CC(C#N)=Cc1c[nH]c2ccc(Cl)cc12. The third-order valence-electron chi connectivity index (χ3n) is 2.22. The molecule has 3 nitrogen and oxygen atoms in total. The molecule has 0 fully saturated rings. The minimum atomic E-state index is 0.0703. The highest BCUT2D eigenvalue weighted by Gasteiger charge is 2.03. The molecule has 16 heavy (non-hydrogen) atoms. The van der Waals surface area contributed by atoms with Gasteiger partial charge in [-0.2, -0.15) is 10.5 Å². The van der Waals surface area contributed by atoms with Gasteiger partial charge in [0.25, 0.3) is 0 Å². The number of allylic oxidation sites excluding steroid dienone is 1. The van der Waals surface area contributed by atoms with Crippen LogP contribution >= 0.6 is 11.6 Å². The van der Waals surface area contributed by atoms with Crippen LogP contribution in [0.25, 0.3) is 17.0 Å². The smallest absolute Gasteiger partial charge is 0.130 e. The first-order valence-corrected chi connectivity index (χ1v) is 4.91. The lowest BCUT2D eigenvalue weighted by molar-refractivity contribution is 1.46. The Morgan fingerprint density at radius 1 is 1.31 bits per heavy atom. The summed E-state index contributed by atoms with van der Waals surface area (Å²) in [5, 5.41) is 18.9. The summed E-state index contributed by atoms with van der Waals surface area (Å²) >= 11 is 5.89. The summed E-state index contributed by atoms with van der Waals surface area (Å²) < 4.78 is 0. The number of nitrogens with one attached hydrogen (secondary N) is 1. The second-order valence-electron chi connectivity index (χ2n) is 3.22. The van der Waals surface area contributed by atoms with E-state index in [0.29, 0.717) is 5.02 Å². The Bertz CT molecular complexity index is 637. The fraction of sp³-hybridized carbons (Fsp3) is 0. The molecule has 4 heteroatoms. The molecule has 0 saturated heterocycles. The number of aromatic amines is 1. The van der Waals surface area contributed by atoms with Gasteiger partial charge >= 0.3 is 0 Å². The van der Waals surface area contributed by atoms with Gasteiger partial charge in [-0.25, -0.2) is 0 Å². The van der Waals surface area contributed by atoms with Crippen molar-refractivity contribution in [1.29, 1.82) is 10.5 Å². The number of fused-ring (bicyclic) bond motifs is 1. The predicted molar refractivity (Wildman–Crippen MR) is 62.5 cm³/mol. The van der Waals surface area contributed by atoms with Gasteiger partial charge in [-0.3, -0.25) is 0 Å². The number of hydrogen-bond donors (Lipinski definition) is 1. The van der Waals surface area contributed by atoms with Crippen LogP contribution in [0.3, 0.4) is 0 Å². The standard InChI is InChI=1S/C12H6ClN3/c13-10-1-2-12-11(4-10)9(7-16-12)3-8(5-14)6-15/h1-4,7,16H. The fourth-order valence-corrected chi connectivity index (χ4v) is 1.65. The van der Waals surface area contributed by atoms with Gasteiger partial charge in [0, 0.05) is 27.7 Å². The van der Waals surface area contributed by atoms with E-state index in [1.807, 2.05) is 18.2 Å². The van der Waals surface area contributed by atoms with E-state index >= 15 is 0 Å². The molecule has 0 bridgehead atoms. The number of nitriles is 2. The van der Waals surface area contributed by atoms with Gasteiger partial charge in [0.1, 0.15) is 17.7 Å². The summed E-state index contributed by atoms with van der Waals surface area (Å²) in [6.45, 7) is 0. The number of halogens is 1. The van der Waals surface area contributed by atoms with Crippen molar-refractivity contribution in [3.05, 3.63) is 40.6 Å². The first-order valence-electron chi connectivity index (χ1n) is 4.53. The van der Waals surface area contributed by atoms with Crippen molar-refractivity contribution in [2.24, 2.45) is 0 Å². The van der Waals surface area contributed by atoms with Crippen molar-refractivity contribution in [2.75, 3.05) is 0 Å². The molecule has 0 spiro atoms.